The SMILES string of the molecule is COc1cc(Cn2ncc3c(-c4cccc(-c5ccc(CNC[C@@H]6CCC(=O)N6)cc5)c4Cl)cccc32)c(Cl)cc1CN(C)c1ccc(COC=O)cc1. The van der Waals surface area contributed by atoms with Crippen LogP contribution < -0.4 is 20.3 Å². The zero-order valence-corrected chi connectivity index (χ0v) is 31.7. The van der Waals surface area contributed by atoms with Gasteiger partial charge in [0, 0.05) is 71.9 Å². The second kappa shape index (κ2) is 16.8. The van der Waals surface area contributed by atoms with Gasteiger partial charge in [0.15, 0.2) is 0 Å². The van der Waals surface area contributed by atoms with Gasteiger partial charge in [0.2, 0.25) is 5.91 Å². The Balaban J connectivity index is 1.07. The second-order valence-corrected chi connectivity index (χ2v) is 14.3. The fourth-order valence-electron chi connectivity index (χ4n) is 7.01. The van der Waals surface area contributed by atoms with E-state index in [0.717, 1.165) is 86.4 Å². The molecule has 1 fully saturated rings. The van der Waals surface area contributed by atoms with E-state index >= 15 is 0 Å². The van der Waals surface area contributed by atoms with Gasteiger partial charge in [-0.05, 0) is 64.6 Å². The van der Waals surface area contributed by atoms with Crippen molar-refractivity contribution in [2.45, 2.75) is 45.1 Å². The van der Waals surface area contributed by atoms with Crippen molar-refractivity contribution in [1.29, 1.82) is 0 Å². The Hall–Kier alpha value is -5.35. The zero-order valence-electron chi connectivity index (χ0n) is 30.1. The van der Waals surface area contributed by atoms with Crippen LogP contribution >= 0.6 is 23.2 Å². The first-order valence-electron chi connectivity index (χ1n) is 17.8. The predicted molar refractivity (Wildman–Crippen MR) is 215 cm³/mol. The first-order valence-corrected chi connectivity index (χ1v) is 18.6. The minimum atomic E-state index is 0.133. The molecule has 1 amide bonds. The Kier molecular flexibility index (Phi) is 11.5. The van der Waals surface area contributed by atoms with Gasteiger partial charge in [-0.2, -0.15) is 5.10 Å². The van der Waals surface area contributed by atoms with E-state index in [9.17, 15) is 9.59 Å². The molecule has 1 aliphatic heterocycles. The first kappa shape index (κ1) is 37.0. The number of carbonyl (C=O) groups excluding carboxylic acids is 2. The van der Waals surface area contributed by atoms with Crippen LogP contribution in [0.15, 0.2) is 103 Å². The van der Waals surface area contributed by atoms with Gasteiger partial charge in [-0.25, -0.2) is 0 Å². The van der Waals surface area contributed by atoms with Gasteiger partial charge in [0.05, 0.1) is 30.4 Å². The summed E-state index contributed by atoms with van der Waals surface area (Å²) in [5, 5.41) is 13.5. The van der Waals surface area contributed by atoms with E-state index < -0.39 is 0 Å². The van der Waals surface area contributed by atoms with Crippen LogP contribution in [-0.4, -0.2) is 48.9 Å². The van der Waals surface area contributed by atoms with Crippen LogP contribution in [0.3, 0.4) is 0 Å². The number of methoxy groups -OCH3 is 1. The molecule has 11 heteroatoms. The zero-order chi connectivity index (χ0) is 37.6. The molecular weight excluding hydrogens is 721 g/mol. The van der Waals surface area contributed by atoms with E-state index in [2.05, 4.69) is 51.9 Å². The number of anilines is 1. The molecule has 1 aromatic heterocycles. The van der Waals surface area contributed by atoms with Crippen molar-refractivity contribution in [3.05, 3.63) is 136 Å². The van der Waals surface area contributed by atoms with Crippen molar-refractivity contribution in [2.24, 2.45) is 0 Å². The fourth-order valence-corrected chi connectivity index (χ4v) is 7.59. The Morgan fingerprint density at radius 3 is 2.43 bits per heavy atom. The Labute approximate surface area is 324 Å². The van der Waals surface area contributed by atoms with Crippen molar-refractivity contribution in [3.8, 4) is 28.0 Å². The lowest BCUT2D eigenvalue weighted by Crippen LogP contribution is -2.35. The number of fused-ring (bicyclic) bond motifs is 1. The molecule has 0 aliphatic carbocycles. The minimum Gasteiger partial charge on any atom is -0.496 e. The third-order valence-electron chi connectivity index (χ3n) is 9.92. The summed E-state index contributed by atoms with van der Waals surface area (Å²) in [6.07, 6.45) is 3.37. The maximum atomic E-state index is 11.5. The molecule has 54 heavy (non-hydrogen) atoms. The van der Waals surface area contributed by atoms with Crippen LogP contribution in [0.1, 0.15) is 35.1 Å². The van der Waals surface area contributed by atoms with E-state index in [1.807, 2.05) is 78.6 Å². The third-order valence-corrected chi connectivity index (χ3v) is 10.7. The van der Waals surface area contributed by atoms with E-state index in [1.54, 1.807) is 7.11 Å². The lowest BCUT2D eigenvalue weighted by atomic mass is 9.96. The number of nitrogens with one attached hydrogen (secondary N) is 2. The standard InChI is InChI=1S/C43H41Cl2N5O4/c1-49(34-16-11-29(12-17-34)26-54-27-51)24-32-19-39(44)31(20-41(32)53-2)25-50-40-8-4-6-36(38(40)23-47-50)37-7-3-5-35(43(37)45)30-13-9-28(10-14-30)21-46-22-33-15-18-42(52)48-33/h3-14,16-17,19-20,23,27,33,46H,15,18,21-22,24-26H2,1-2H3,(H,48,52)/t33-/m0/s1. The van der Waals surface area contributed by atoms with Crippen LogP contribution in [0.2, 0.25) is 10.0 Å². The molecule has 1 aliphatic rings. The maximum absolute atomic E-state index is 11.5. The largest absolute Gasteiger partial charge is 0.496 e. The van der Waals surface area contributed by atoms with Crippen LogP contribution in [0.25, 0.3) is 33.2 Å². The predicted octanol–water partition coefficient (Wildman–Crippen LogP) is 8.41. The van der Waals surface area contributed by atoms with Gasteiger partial charge in [-0.1, -0.05) is 89.9 Å². The van der Waals surface area contributed by atoms with E-state index in [0.29, 0.717) is 36.0 Å². The number of benzene rings is 5. The molecule has 0 saturated carbocycles. The molecule has 0 spiro atoms. The van der Waals surface area contributed by atoms with Crippen molar-refractivity contribution in [1.82, 2.24) is 20.4 Å². The monoisotopic (exact) mass is 761 g/mol. The molecule has 2 heterocycles. The van der Waals surface area contributed by atoms with Crippen molar-refractivity contribution < 1.29 is 19.1 Å². The summed E-state index contributed by atoms with van der Waals surface area (Å²) in [4.78, 5) is 24.1. The number of nitrogens with zero attached hydrogens (tertiary/aromatic N) is 3. The Morgan fingerprint density at radius 2 is 1.69 bits per heavy atom. The van der Waals surface area contributed by atoms with Gasteiger partial charge in [-0.15, -0.1) is 0 Å². The number of hydrogen-bond donors (Lipinski definition) is 2. The smallest absolute Gasteiger partial charge is 0.293 e. The molecule has 0 bridgehead atoms. The van der Waals surface area contributed by atoms with E-state index in [4.69, 9.17) is 37.8 Å². The van der Waals surface area contributed by atoms with Gasteiger partial charge < -0.3 is 25.0 Å². The molecule has 7 rings (SSSR count). The molecule has 9 nitrogen and oxygen atoms in total. The van der Waals surface area contributed by atoms with Crippen molar-refractivity contribution in [3.63, 3.8) is 0 Å². The van der Waals surface area contributed by atoms with Crippen LogP contribution in [-0.2, 0) is 40.6 Å². The average molecular weight is 763 g/mol. The second-order valence-electron chi connectivity index (χ2n) is 13.5. The number of aromatic nitrogens is 2. The van der Waals surface area contributed by atoms with Crippen molar-refractivity contribution >= 4 is 52.2 Å². The molecule has 1 saturated heterocycles. The van der Waals surface area contributed by atoms with Crippen LogP contribution in [0.5, 0.6) is 5.75 Å². The average Bonchev–Trinajstić information content (AvgIpc) is 3.81. The number of hydrogen-bond acceptors (Lipinski definition) is 7. The molecule has 5 aromatic carbocycles. The topological polar surface area (TPSA) is 97.7 Å². The number of amides is 1. The van der Waals surface area contributed by atoms with Gasteiger partial charge in [0.1, 0.15) is 12.4 Å². The molecule has 6 aromatic rings. The summed E-state index contributed by atoms with van der Waals surface area (Å²) in [7, 11) is 3.67. The van der Waals surface area contributed by atoms with E-state index in [1.165, 1.54) is 0 Å². The first-order chi connectivity index (χ1) is 26.3. The normalized spacial score (nSPS) is 13.9. The molecule has 276 valence electrons. The summed E-state index contributed by atoms with van der Waals surface area (Å²) in [5.74, 6) is 0.870. The number of ether oxygens (including phenoxy) is 2. The molecule has 1 atom stereocenters. The molecular formula is C43H41Cl2N5O4. The van der Waals surface area contributed by atoms with E-state index in [-0.39, 0.29) is 18.6 Å². The fraction of sp³-hybridized carbons (Fsp3) is 0.233. The summed E-state index contributed by atoms with van der Waals surface area (Å²) < 4.78 is 12.6. The Morgan fingerprint density at radius 1 is 0.944 bits per heavy atom. The van der Waals surface area contributed by atoms with Crippen LogP contribution in [0, 0.1) is 0 Å². The summed E-state index contributed by atoms with van der Waals surface area (Å²) >= 11 is 14.1. The lowest BCUT2D eigenvalue weighted by molar-refractivity contribution is -0.129. The van der Waals surface area contributed by atoms with Crippen LogP contribution in [0.4, 0.5) is 5.69 Å². The third kappa shape index (κ3) is 8.24. The highest BCUT2D eigenvalue weighted by Crippen LogP contribution is 2.39. The maximum Gasteiger partial charge on any atom is 0.293 e. The highest BCUT2D eigenvalue weighted by atomic mass is 35.5. The molecule has 0 radical (unpaired) electrons. The summed E-state index contributed by atoms with van der Waals surface area (Å²) in [5.41, 5.74) is 9.81. The number of carbonyl (C=O) groups is 2. The molecule has 0 unspecified atom stereocenters. The quantitative estimate of drug-likeness (QED) is 0.102. The minimum absolute atomic E-state index is 0.133. The number of halogens is 2. The van der Waals surface area contributed by atoms with Crippen molar-refractivity contribution in [2.75, 3.05) is 25.6 Å². The van der Waals surface area contributed by atoms with Gasteiger partial charge in [0.25, 0.3) is 6.47 Å². The Bertz CT molecular complexity index is 2270. The highest BCUT2D eigenvalue weighted by Gasteiger charge is 2.20. The lowest BCUT2D eigenvalue weighted by Gasteiger charge is -2.22. The summed E-state index contributed by atoms with van der Waals surface area (Å²) in [6.45, 7) is 3.20. The van der Waals surface area contributed by atoms with Gasteiger partial charge in [-0.3, -0.25) is 14.3 Å². The molecule has 2 N–H and O–H groups in total. The van der Waals surface area contributed by atoms with Gasteiger partial charge >= 0.3 is 0 Å². The number of rotatable bonds is 15. The summed E-state index contributed by atoms with van der Waals surface area (Å²) in [6, 6.07) is 32.7. The highest BCUT2D eigenvalue weighted by molar-refractivity contribution is 6.36.